The SMILES string of the molecule is CCOc1ccc(NC(=O)CSC2=Nc3ccccc3C3=NC(C)C(=O)N23)cc1. The number of nitrogens with one attached hydrogen (secondary N) is 1. The summed E-state index contributed by atoms with van der Waals surface area (Å²) in [6.07, 6.45) is 0. The van der Waals surface area contributed by atoms with Gasteiger partial charge in [-0.05, 0) is 50.2 Å². The summed E-state index contributed by atoms with van der Waals surface area (Å²) in [7, 11) is 0. The van der Waals surface area contributed by atoms with Gasteiger partial charge >= 0.3 is 0 Å². The third-order valence-electron chi connectivity index (χ3n) is 4.44. The van der Waals surface area contributed by atoms with E-state index in [9.17, 15) is 9.59 Å². The minimum Gasteiger partial charge on any atom is -0.494 e. The summed E-state index contributed by atoms with van der Waals surface area (Å²) in [5, 5.41) is 3.32. The van der Waals surface area contributed by atoms with E-state index in [4.69, 9.17) is 4.74 Å². The molecule has 2 heterocycles. The lowest BCUT2D eigenvalue weighted by Gasteiger charge is -2.25. The van der Waals surface area contributed by atoms with Crippen molar-refractivity contribution in [2.75, 3.05) is 17.7 Å². The second-order valence-electron chi connectivity index (χ2n) is 6.51. The molecule has 0 radical (unpaired) electrons. The van der Waals surface area contributed by atoms with Gasteiger partial charge in [0.1, 0.15) is 17.6 Å². The maximum absolute atomic E-state index is 12.6. The second kappa shape index (κ2) is 8.08. The van der Waals surface area contributed by atoms with E-state index in [1.807, 2.05) is 31.2 Å². The van der Waals surface area contributed by atoms with Gasteiger partial charge in [-0.3, -0.25) is 14.6 Å². The number of aliphatic imine (C=N–C) groups is 2. The van der Waals surface area contributed by atoms with Gasteiger partial charge in [0.2, 0.25) is 5.91 Å². The van der Waals surface area contributed by atoms with Gasteiger partial charge in [0.05, 0.1) is 18.0 Å². The molecule has 29 heavy (non-hydrogen) atoms. The van der Waals surface area contributed by atoms with E-state index in [1.165, 1.54) is 16.7 Å². The third-order valence-corrected chi connectivity index (χ3v) is 5.38. The Morgan fingerprint density at radius 1 is 1.21 bits per heavy atom. The molecule has 1 atom stereocenters. The van der Waals surface area contributed by atoms with Crippen LogP contribution in [0.25, 0.3) is 0 Å². The molecule has 2 aromatic rings. The van der Waals surface area contributed by atoms with Crippen molar-refractivity contribution in [2.24, 2.45) is 9.98 Å². The summed E-state index contributed by atoms with van der Waals surface area (Å²) in [5.74, 6) is 1.16. The highest BCUT2D eigenvalue weighted by molar-refractivity contribution is 8.14. The Kier molecular flexibility index (Phi) is 5.35. The van der Waals surface area contributed by atoms with E-state index in [0.717, 1.165) is 17.0 Å². The zero-order valence-corrected chi connectivity index (χ0v) is 16.9. The van der Waals surface area contributed by atoms with Crippen LogP contribution in [0.3, 0.4) is 0 Å². The molecule has 4 rings (SSSR count). The van der Waals surface area contributed by atoms with Crippen molar-refractivity contribution in [3.63, 3.8) is 0 Å². The highest BCUT2D eigenvalue weighted by Crippen LogP contribution is 2.33. The van der Waals surface area contributed by atoms with E-state index in [0.29, 0.717) is 23.3 Å². The van der Waals surface area contributed by atoms with Gasteiger partial charge in [0.15, 0.2) is 5.17 Å². The van der Waals surface area contributed by atoms with Crippen LogP contribution in [0.2, 0.25) is 0 Å². The van der Waals surface area contributed by atoms with Gasteiger partial charge in [0.25, 0.3) is 5.91 Å². The molecule has 0 fully saturated rings. The fourth-order valence-corrected chi connectivity index (χ4v) is 3.90. The maximum Gasteiger partial charge on any atom is 0.258 e. The first kappa shape index (κ1) is 19.2. The van der Waals surface area contributed by atoms with Crippen LogP contribution in [0.15, 0.2) is 58.5 Å². The van der Waals surface area contributed by atoms with E-state index in [-0.39, 0.29) is 17.6 Å². The predicted octanol–water partition coefficient (Wildman–Crippen LogP) is 3.44. The topological polar surface area (TPSA) is 83.4 Å². The minimum absolute atomic E-state index is 0.125. The molecule has 2 aliphatic heterocycles. The Hall–Kier alpha value is -3.13. The quantitative estimate of drug-likeness (QED) is 0.822. The van der Waals surface area contributed by atoms with Crippen LogP contribution in [0.1, 0.15) is 19.4 Å². The van der Waals surface area contributed by atoms with E-state index >= 15 is 0 Å². The Balaban J connectivity index is 1.46. The summed E-state index contributed by atoms with van der Waals surface area (Å²) in [4.78, 5) is 35.6. The number of fused-ring (bicyclic) bond motifs is 3. The van der Waals surface area contributed by atoms with Crippen molar-refractivity contribution in [2.45, 2.75) is 19.9 Å². The number of carbonyl (C=O) groups excluding carboxylic acids is 2. The van der Waals surface area contributed by atoms with Crippen LogP contribution in [-0.4, -0.2) is 46.1 Å². The fraction of sp³-hybridized carbons (Fsp3) is 0.238. The molecular weight excluding hydrogens is 388 g/mol. The van der Waals surface area contributed by atoms with Crippen LogP contribution in [0.4, 0.5) is 11.4 Å². The summed E-state index contributed by atoms with van der Waals surface area (Å²) in [6, 6.07) is 14.3. The van der Waals surface area contributed by atoms with Crippen LogP contribution in [0, 0.1) is 0 Å². The highest BCUT2D eigenvalue weighted by Gasteiger charge is 2.39. The molecule has 0 aliphatic carbocycles. The average Bonchev–Trinajstić information content (AvgIpc) is 3.03. The first-order chi connectivity index (χ1) is 14.1. The van der Waals surface area contributed by atoms with E-state index in [2.05, 4.69) is 15.3 Å². The van der Waals surface area contributed by atoms with E-state index < -0.39 is 6.04 Å². The molecule has 0 bridgehead atoms. The van der Waals surface area contributed by atoms with Crippen molar-refractivity contribution >= 4 is 46.0 Å². The number of benzene rings is 2. The van der Waals surface area contributed by atoms with Gasteiger partial charge in [-0.15, -0.1) is 0 Å². The Bertz CT molecular complexity index is 1020. The number of para-hydroxylation sites is 1. The molecule has 7 nitrogen and oxygen atoms in total. The smallest absolute Gasteiger partial charge is 0.258 e. The lowest BCUT2D eigenvalue weighted by atomic mass is 10.1. The van der Waals surface area contributed by atoms with Gasteiger partial charge in [-0.25, -0.2) is 9.89 Å². The van der Waals surface area contributed by atoms with Crippen LogP contribution in [-0.2, 0) is 9.59 Å². The molecule has 2 amide bonds. The molecule has 8 heteroatoms. The molecule has 2 aromatic carbocycles. The Morgan fingerprint density at radius 2 is 1.97 bits per heavy atom. The number of hydrogen-bond donors (Lipinski definition) is 1. The van der Waals surface area contributed by atoms with Gasteiger partial charge < -0.3 is 10.1 Å². The number of thioether (sulfide) groups is 1. The zero-order chi connectivity index (χ0) is 20.4. The molecule has 0 aromatic heterocycles. The zero-order valence-electron chi connectivity index (χ0n) is 16.1. The number of nitrogens with zero attached hydrogens (tertiary/aromatic N) is 3. The molecular formula is C21H20N4O3S. The number of carbonyl (C=O) groups is 2. The molecule has 1 N–H and O–H groups in total. The molecule has 148 valence electrons. The largest absolute Gasteiger partial charge is 0.494 e. The van der Waals surface area contributed by atoms with Crippen LogP contribution < -0.4 is 10.1 Å². The predicted molar refractivity (Wildman–Crippen MR) is 115 cm³/mol. The molecule has 0 saturated carbocycles. The fourth-order valence-electron chi connectivity index (χ4n) is 3.10. The molecule has 1 unspecified atom stereocenters. The number of hydrogen-bond acceptors (Lipinski definition) is 6. The average molecular weight is 408 g/mol. The number of ether oxygens (including phenoxy) is 1. The highest BCUT2D eigenvalue weighted by atomic mass is 32.2. The standard InChI is InChI=1S/C21H20N4O3S/c1-3-28-15-10-8-14(9-11-15)23-18(26)12-29-21-24-17-7-5-4-6-16(17)19-22-13(2)20(27)25(19)21/h4-11,13H,3,12H2,1-2H3,(H,23,26). The molecule has 2 aliphatic rings. The maximum atomic E-state index is 12.6. The summed E-state index contributed by atoms with van der Waals surface area (Å²) < 4.78 is 5.40. The van der Waals surface area contributed by atoms with Crippen LogP contribution in [0.5, 0.6) is 5.75 Å². The molecule has 0 spiro atoms. The van der Waals surface area contributed by atoms with Crippen molar-refractivity contribution in [3.8, 4) is 5.75 Å². The van der Waals surface area contributed by atoms with Gasteiger partial charge in [0, 0.05) is 11.3 Å². The first-order valence-electron chi connectivity index (χ1n) is 9.32. The number of anilines is 1. The third kappa shape index (κ3) is 3.88. The molecule has 0 saturated heterocycles. The summed E-state index contributed by atoms with van der Waals surface area (Å²) >= 11 is 1.22. The van der Waals surface area contributed by atoms with Crippen molar-refractivity contribution in [1.82, 2.24) is 4.90 Å². The normalized spacial score (nSPS) is 17.2. The van der Waals surface area contributed by atoms with Crippen LogP contribution >= 0.6 is 11.8 Å². The van der Waals surface area contributed by atoms with Crippen molar-refractivity contribution in [3.05, 3.63) is 54.1 Å². The number of rotatable bonds is 5. The summed E-state index contributed by atoms with van der Waals surface area (Å²) in [6.45, 7) is 4.27. The monoisotopic (exact) mass is 408 g/mol. The first-order valence-corrected chi connectivity index (χ1v) is 10.3. The minimum atomic E-state index is -0.459. The second-order valence-corrected chi connectivity index (χ2v) is 7.45. The lowest BCUT2D eigenvalue weighted by Crippen LogP contribution is -2.41. The lowest BCUT2D eigenvalue weighted by molar-refractivity contribution is -0.124. The van der Waals surface area contributed by atoms with Crippen molar-refractivity contribution in [1.29, 1.82) is 0 Å². The van der Waals surface area contributed by atoms with Gasteiger partial charge in [-0.2, -0.15) is 0 Å². The Morgan fingerprint density at radius 3 is 2.72 bits per heavy atom. The number of amidine groups is 2. The van der Waals surface area contributed by atoms with Crippen molar-refractivity contribution < 1.29 is 14.3 Å². The Labute approximate surface area is 172 Å². The number of amides is 2. The van der Waals surface area contributed by atoms with Gasteiger partial charge in [-0.1, -0.05) is 23.9 Å². The summed E-state index contributed by atoms with van der Waals surface area (Å²) in [5.41, 5.74) is 2.26. The van der Waals surface area contributed by atoms with E-state index in [1.54, 1.807) is 31.2 Å².